The van der Waals surface area contributed by atoms with E-state index < -0.39 is 0 Å². The lowest BCUT2D eigenvalue weighted by molar-refractivity contribution is 0.867. The topological polar surface area (TPSA) is 0 Å². The molecule has 0 bridgehead atoms. The molecule has 0 heteroatoms. The van der Waals surface area contributed by atoms with Crippen molar-refractivity contribution in [1.29, 1.82) is 0 Å². The van der Waals surface area contributed by atoms with Gasteiger partial charge in [-0.05, 0) is 29.5 Å². The summed E-state index contributed by atoms with van der Waals surface area (Å²) in [6, 6.07) is 17.5. The lowest BCUT2D eigenvalue weighted by atomic mass is 9.98. The Labute approximate surface area is 119 Å². The average molecular weight is 256 g/mol. The largest absolute Gasteiger partial charge is 0.0776 e. The van der Waals surface area contributed by atoms with E-state index in [0.717, 1.165) is 0 Å². The molecular formula is C19H28. The van der Waals surface area contributed by atoms with Crippen LogP contribution in [-0.4, -0.2) is 0 Å². The highest BCUT2D eigenvalue weighted by Crippen LogP contribution is 2.22. The summed E-state index contributed by atoms with van der Waals surface area (Å²) in [6.45, 7) is 10.6. The van der Waals surface area contributed by atoms with Gasteiger partial charge in [-0.25, -0.2) is 0 Å². The first-order chi connectivity index (χ1) is 8.66. The van der Waals surface area contributed by atoms with Crippen LogP contribution in [0.1, 0.15) is 52.2 Å². The zero-order valence-corrected chi connectivity index (χ0v) is 12.2. The molecule has 0 aliphatic heterocycles. The van der Waals surface area contributed by atoms with Crippen LogP contribution in [0.4, 0.5) is 0 Å². The molecular weight excluding hydrogens is 228 g/mol. The highest BCUT2D eigenvalue weighted by molar-refractivity contribution is 5.64. The third kappa shape index (κ3) is 4.90. The van der Waals surface area contributed by atoms with E-state index in [1.54, 1.807) is 0 Å². The van der Waals surface area contributed by atoms with E-state index in [4.69, 9.17) is 0 Å². The van der Waals surface area contributed by atoms with Gasteiger partial charge in [-0.3, -0.25) is 0 Å². The average Bonchev–Trinajstić information content (AvgIpc) is 2.42. The van der Waals surface area contributed by atoms with Crippen LogP contribution in [0.3, 0.4) is 0 Å². The Hall–Kier alpha value is -1.56. The molecule has 0 spiro atoms. The van der Waals surface area contributed by atoms with Crippen LogP contribution in [-0.2, 0) is 0 Å². The molecule has 0 aromatic heterocycles. The van der Waals surface area contributed by atoms with Gasteiger partial charge in [-0.2, -0.15) is 0 Å². The second kappa shape index (κ2) is 8.53. The SMILES string of the molecule is C.CC.Cc1ccc(-c2ccc(C(C)C)cc2)cc1. The fourth-order valence-electron chi connectivity index (χ4n) is 1.81. The molecule has 0 fully saturated rings. The van der Waals surface area contributed by atoms with Crippen molar-refractivity contribution in [3.63, 3.8) is 0 Å². The van der Waals surface area contributed by atoms with Gasteiger partial charge >= 0.3 is 0 Å². The zero-order valence-electron chi connectivity index (χ0n) is 12.2. The summed E-state index contributed by atoms with van der Waals surface area (Å²) in [7, 11) is 0. The summed E-state index contributed by atoms with van der Waals surface area (Å²) in [5.74, 6) is 0.604. The van der Waals surface area contributed by atoms with Crippen molar-refractivity contribution < 1.29 is 0 Å². The summed E-state index contributed by atoms with van der Waals surface area (Å²) >= 11 is 0. The second-order valence-corrected chi connectivity index (χ2v) is 4.64. The molecule has 0 unspecified atom stereocenters. The summed E-state index contributed by atoms with van der Waals surface area (Å²) in [4.78, 5) is 0. The molecule has 0 heterocycles. The van der Waals surface area contributed by atoms with Crippen LogP contribution in [0.5, 0.6) is 0 Å². The molecule has 0 aliphatic rings. The molecule has 0 radical (unpaired) electrons. The first-order valence-corrected chi connectivity index (χ1v) is 6.84. The van der Waals surface area contributed by atoms with E-state index in [0.29, 0.717) is 5.92 Å². The molecule has 0 saturated carbocycles. The van der Waals surface area contributed by atoms with Crippen LogP contribution in [0, 0.1) is 6.92 Å². The molecule has 2 rings (SSSR count). The monoisotopic (exact) mass is 256 g/mol. The zero-order chi connectivity index (χ0) is 13.5. The third-order valence-electron chi connectivity index (χ3n) is 2.96. The highest BCUT2D eigenvalue weighted by Gasteiger charge is 2.00. The summed E-state index contributed by atoms with van der Waals surface area (Å²) in [5.41, 5.74) is 5.30. The van der Waals surface area contributed by atoms with Crippen molar-refractivity contribution in [1.82, 2.24) is 0 Å². The van der Waals surface area contributed by atoms with Crippen molar-refractivity contribution in [2.24, 2.45) is 0 Å². The smallest absolute Gasteiger partial charge is 0.0184 e. The van der Waals surface area contributed by atoms with Crippen molar-refractivity contribution in [2.45, 2.75) is 48.0 Å². The van der Waals surface area contributed by atoms with Crippen LogP contribution < -0.4 is 0 Å². The molecule has 0 N–H and O–H groups in total. The Bertz CT molecular complexity index is 446. The maximum Gasteiger partial charge on any atom is -0.0184 e. The van der Waals surface area contributed by atoms with Gasteiger partial charge < -0.3 is 0 Å². The van der Waals surface area contributed by atoms with Gasteiger partial charge in [0.15, 0.2) is 0 Å². The normalized spacial score (nSPS) is 9.37. The van der Waals surface area contributed by atoms with Crippen LogP contribution in [0.2, 0.25) is 0 Å². The second-order valence-electron chi connectivity index (χ2n) is 4.64. The molecule has 2 aromatic carbocycles. The molecule has 0 saturated heterocycles. The minimum absolute atomic E-state index is 0. The minimum atomic E-state index is 0. The van der Waals surface area contributed by atoms with E-state index in [2.05, 4.69) is 69.3 Å². The summed E-state index contributed by atoms with van der Waals surface area (Å²) in [6.07, 6.45) is 0. The highest BCUT2D eigenvalue weighted by atomic mass is 14.1. The van der Waals surface area contributed by atoms with Crippen molar-refractivity contribution in [3.8, 4) is 11.1 Å². The quantitative estimate of drug-likeness (QED) is 0.579. The Morgan fingerprint density at radius 2 is 1.05 bits per heavy atom. The maximum atomic E-state index is 2.22. The van der Waals surface area contributed by atoms with Gasteiger partial charge in [0.2, 0.25) is 0 Å². The van der Waals surface area contributed by atoms with Gasteiger partial charge in [-0.15, -0.1) is 0 Å². The molecule has 0 atom stereocenters. The fraction of sp³-hybridized carbons (Fsp3) is 0.368. The minimum Gasteiger partial charge on any atom is -0.0776 e. The molecule has 19 heavy (non-hydrogen) atoms. The first kappa shape index (κ1) is 17.4. The molecule has 104 valence electrons. The fourth-order valence-corrected chi connectivity index (χ4v) is 1.81. The number of benzene rings is 2. The van der Waals surface area contributed by atoms with E-state index in [9.17, 15) is 0 Å². The molecule has 0 nitrogen and oxygen atoms in total. The van der Waals surface area contributed by atoms with Crippen LogP contribution in [0.15, 0.2) is 48.5 Å². The van der Waals surface area contributed by atoms with Gasteiger partial charge in [0.1, 0.15) is 0 Å². The first-order valence-electron chi connectivity index (χ1n) is 6.84. The molecule has 0 aliphatic carbocycles. The van der Waals surface area contributed by atoms with E-state index in [1.807, 2.05) is 13.8 Å². The maximum absolute atomic E-state index is 2.22. The van der Waals surface area contributed by atoms with Gasteiger partial charge in [0.25, 0.3) is 0 Å². The Morgan fingerprint density at radius 3 is 1.42 bits per heavy atom. The number of aryl methyl sites for hydroxylation is 1. The van der Waals surface area contributed by atoms with Crippen LogP contribution in [0.25, 0.3) is 11.1 Å². The summed E-state index contributed by atoms with van der Waals surface area (Å²) in [5, 5.41) is 0. The van der Waals surface area contributed by atoms with E-state index in [1.165, 1.54) is 22.3 Å². The number of rotatable bonds is 2. The third-order valence-corrected chi connectivity index (χ3v) is 2.96. The Morgan fingerprint density at radius 1 is 0.684 bits per heavy atom. The number of hydrogen-bond donors (Lipinski definition) is 0. The lowest BCUT2D eigenvalue weighted by Gasteiger charge is -2.07. The van der Waals surface area contributed by atoms with Gasteiger partial charge in [-0.1, -0.05) is 89.2 Å². The number of hydrogen-bond acceptors (Lipinski definition) is 0. The summed E-state index contributed by atoms with van der Waals surface area (Å²) < 4.78 is 0. The Balaban J connectivity index is 0.00000103. The molecule has 2 aromatic rings. The van der Waals surface area contributed by atoms with Crippen molar-refractivity contribution in [2.75, 3.05) is 0 Å². The standard InChI is InChI=1S/C16H18.C2H6.CH4/c1-12(2)14-8-10-16(11-9-14)15-6-4-13(3)5-7-15;1-2;/h4-12H,1-3H3;1-2H3;1H4. The Kier molecular flexibility index (Phi) is 7.83. The predicted molar refractivity (Wildman–Crippen MR) is 88.8 cm³/mol. The van der Waals surface area contributed by atoms with Crippen molar-refractivity contribution >= 4 is 0 Å². The van der Waals surface area contributed by atoms with Gasteiger partial charge in [0, 0.05) is 0 Å². The lowest BCUT2D eigenvalue weighted by Crippen LogP contribution is -1.86. The predicted octanol–water partition coefficient (Wildman–Crippen LogP) is 6.45. The van der Waals surface area contributed by atoms with E-state index in [-0.39, 0.29) is 7.43 Å². The van der Waals surface area contributed by atoms with E-state index >= 15 is 0 Å². The molecule has 0 amide bonds. The van der Waals surface area contributed by atoms with Gasteiger partial charge in [0.05, 0.1) is 0 Å². The van der Waals surface area contributed by atoms with Crippen LogP contribution >= 0.6 is 0 Å². The van der Waals surface area contributed by atoms with Crippen molar-refractivity contribution in [3.05, 3.63) is 59.7 Å².